The number of hydrogen-bond donors (Lipinski definition) is 2. The lowest BCUT2D eigenvalue weighted by molar-refractivity contribution is 0.0557. The third-order valence-electron chi connectivity index (χ3n) is 3.54. The highest BCUT2D eigenvalue weighted by Gasteiger charge is 2.25. The summed E-state index contributed by atoms with van der Waals surface area (Å²) in [5.74, 6) is -0.213. The van der Waals surface area contributed by atoms with Crippen LogP contribution >= 0.6 is 11.3 Å². The Labute approximate surface area is 132 Å². The average Bonchev–Trinajstić information content (AvgIpc) is 3.07. The molecule has 0 spiro atoms. The Hall–Kier alpha value is -2.24. The lowest BCUT2D eigenvalue weighted by Gasteiger charge is -2.22. The Morgan fingerprint density at radius 2 is 2.09 bits per heavy atom. The first-order valence-corrected chi connectivity index (χ1v) is 7.84. The van der Waals surface area contributed by atoms with Crippen molar-refractivity contribution in [3.8, 4) is 0 Å². The Balaban J connectivity index is 1.80. The molecule has 5 heteroatoms. The maximum Gasteiger partial charge on any atom is 0.252 e. The molecule has 0 saturated carbocycles. The Kier molecular flexibility index (Phi) is 3.92. The molecule has 3 rings (SSSR count). The molecule has 2 aromatic heterocycles. The van der Waals surface area contributed by atoms with Gasteiger partial charge in [-0.2, -0.15) is 0 Å². The molecule has 1 unspecified atom stereocenters. The quantitative estimate of drug-likeness (QED) is 0.778. The fourth-order valence-corrected chi connectivity index (χ4v) is 3.10. The zero-order valence-corrected chi connectivity index (χ0v) is 12.9. The molecular weight excluding hydrogens is 296 g/mol. The molecule has 0 fully saturated rings. The first-order chi connectivity index (χ1) is 10.6. The summed E-state index contributed by atoms with van der Waals surface area (Å²) in [7, 11) is 0. The van der Waals surface area contributed by atoms with Crippen LogP contribution in [0.5, 0.6) is 0 Å². The molecule has 112 valence electrons. The van der Waals surface area contributed by atoms with Crippen molar-refractivity contribution in [2.45, 2.75) is 12.5 Å². The molecule has 3 aromatic rings. The number of pyridine rings is 1. The molecule has 1 amide bonds. The third-order valence-corrected chi connectivity index (χ3v) is 4.66. The molecule has 4 nitrogen and oxygen atoms in total. The maximum absolute atomic E-state index is 12.4. The van der Waals surface area contributed by atoms with Crippen LogP contribution in [-0.2, 0) is 5.60 Å². The Bertz CT molecular complexity index is 792. The van der Waals surface area contributed by atoms with Crippen molar-refractivity contribution in [1.82, 2.24) is 10.3 Å². The molecule has 0 bridgehead atoms. The summed E-state index contributed by atoms with van der Waals surface area (Å²) >= 11 is 1.47. The lowest BCUT2D eigenvalue weighted by Crippen LogP contribution is -2.38. The first-order valence-electron chi connectivity index (χ1n) is 6.96. The predicted octanol–water partition coefficient (Wildman–Crippen LogP) is 2.93. The fourth-order valence-electron chi connectivity index (χ4n) is 2.31. The molecule has 1 aromatic carbocycles. The van der Waals surface area contributed by atoms with Gasteiger partial charge in [-0.25, -0.2) is 0 Å². The minimum Gasteiger partial charge on any atom is -0.383 e. The topological polar surface area (TPSA) is 62.2 Å². The third kappa shape index (κ3) is 2.86. The monoisotopic (exact) mass is 312 g/mol. The number of rotatable bonds is 4. The number of carbonyl (C=O) groups is 1. The number of carbonyl (C=O) groups excluding carboxylic acids is 1. The van der Waals surface area contributed by atoms with E-state index in [0.29, 0.717) is 5.56 Å². The number of amides is 1. The van der Waals surface area contributed by atoms with Crippen LogP contribution < -0.4 is 5.32 Å². The Morgan fingerprint density at radius 3 is 2.86 bits per heavy atom. The van der Waals surface area contributed by atoms with Crippen LogP contribution in [0.2, 0.25) is 0 Å². The van der Waals surface area contributed by atoms with Gasteiger partial charge in [0.2, 0.25) is 0 Å². The number of hydrogen-bond acceptors (Lipinski definition) is 4. The van der Waals surface area contributed by atoms with E-state index in [1.54, 1.807) is 19.2 Å². The van der Waals surface area contributed by atoms with Gasteiger partial charge in [-0.1, -0.05) is 24.3 Å². The van der Waals surface area contributed by atoms with E-state index < -0.39 is 5.60 Å². The zero-order chi connectivity index (χ0) is 15.6. The van der Waals surface area contributed by atoms with Gasteiger partial charge in [0.15, 0.2) is 0 Å². The summed E-state index contributed by atoms with van der Waals surface area (Å²) in [5.41, 5.74) is 0.264. The van der Waals surface area contributed by atoms with Crippen LogP contribution in [0.25, 0.3) is 10.9 Å². The standard InChI is InChI=1S/C17H16N2O2S/c1-17(21,15-7-4-10-22-15)11-19-16(20)13-8-9-18-14-6-3-2-5-12(13)14/h2-10,21H,11H2,1H3,(H,19,20). The number of thiophene rings is 1. The van der Waals surface area contributed by atoms with E-state index >= 15 is 0 Å². The second-order valence-corrected chi connectivity index (χ2v) is 6.26. The summed E-state index contributed by atoms with van der Waals surface area (Å²) in [6, 6.07) is 12.9. The molecule has 0 radical (unpaired) electrons. The molecule has 0 aliphatic carbocycles. The molecule has 0 aliphatic rings. The molecule has 0 aliphatic heterocycles. The molecular formula is C17H16N2O2S. The van der Waals surface area contributed by atoms with Gasteiger partial charge < -0.3 is 10.4 Å². The van der Waals surface area contributed by atoms with Crippen molar-refractivity contribution in [3.63, 3.8) is 0 Å². The van der Waals surface area contributed by atoms with Crippen LogP contribution in [0.3, 0.4) is 0 Å². The number of aliphatic hydroxyl groups is 1. The number of benzene rings is 1. The minimum absolute atomic E-state index is 0.156. The molecule has 1 atom stereocenters. The van der Waals surface area contributed by atoms with Gasteiger partial charge in [0.05, 0.1) is 17.6 Å². The fraction of sp³-hybridized carbons (Fsp3) is 0.176. The summed E-state index contributed by atoms with van der Waals surface area (Å²) in [4.78, 5) is 17.5. The highest BCUT2D eigenvalue weighted by molar-refractivity contribution is 7.10. The Morgan fingerprint density at radius 1 is 1.27 bits per heavy atom. The van der Waals surface area contributed by atoms with E-state index in [9.17, 15) is 9.90 Å². The van der Waals surface area contributed by atoms with Gasteiger partial charge in [0.1, 0.15) is 5.60 Å². The minimum atomic E-state index is -1.08. The highest BCUT2D eigenvalue weighted by Crippen LogP contribution is 2.24. The second-order valence-electron chi connectivity index (χ2n) is 5.31. The van der Waals surface area contributed by atoms with Gasteiger partial charge in [0, 0.05) is 16.5 Å². The summed E-state index contributed by atoms with van der Waals surface area (Å²) in [6.45, 7) is 1.85. The predicted molar refractivity (Wildman–Crippen MR) is 88.0 cm³/mol. The number of nitrogens with one attached hydrogen (secondary N) is 1. The van der Waals surface area contributed by atoms with E-state index in [1.807, 2.05) is 41.8 Å². The summed E-state index contributed by atoms with van der Waals surface area (Å²) in [6.07, 6.45) is 1.62. The van der Waals surface area contributed by atoms with Crippen LogP contribution in [0.1, 0.15) is 22.2 Å². The largest absolute Gasteiger partial charge is 0.383 e. The van der Waals surface area contributed by atoms with Gasteiger partial charge >= 0.3 is 0 Å². The van der Waals surface area contributed by atoms with E-state index in [2.05, 4.69) is 10.3 Å². The molecule has 2 heterocycles. The van der Waals surface area contributed by atoms with Gasteiger partial charge in [-0.3, -0.25) is 9.78 Å². The van der Waals surface area contributed by atoms with Crippen molar-refractivity contribution in [1.29, 1.82) is 0 Å². The van der Waals surface area contributed by atoms with E-state index in [-0.39, 0.29) is 12.5 Å². The van der Waals surface area contributed by atoms with Crippen molar-refractivity contribution in [2.24, 2.45) is 0 Å². The lowest BCUT2D eigenvalue weighted by atomic mass is 10.0. The SMILES string of the molecule is CC(O)(CNC(=O)c1ccnc2ccccc12)c1cccs1. The van der Waals surface area contributed by atoms with Crippen LogP contribution in [0.15, 0.2) is 54.0 Å². The number of aromatic nitrogens is 1. The summed E-state index contributed by atoms with van der Waals surface area (Å²) in [5, 5.41) is 16.0. The first kappa shape index (κ1) is 14.7. The van der Waals surface area contributed by atoms with Crippen molar-refractivity contribution < 1.29 is 9.90 Å². The normalized spacial score (nSPS) is 13.7. The average molecular weight is 312 g/mol. The molecule has 2 N–H and O–H groups in total. The van der Waals surface area contributed by atoms with Crippen molar-refractivity contribution in [2.75, 3.05) is 6.54 Å². The van der Waals surface area contributed by atoms with Gasteiger partial charge in [0.25, 0.3) is 5.91 Å². The molecule has 22 heavy (non-hydrogen) atoms. The zero-order valence-electron chi connectivity index (χ0n) is 12.1. The van der Waals surface area contributed by atoms with Crippen LogP contribution in [0.4, 0.5) is 0 Å². The van der Waals surface area contributed by atoms with E-state index in [1.165, 1.54) is 11.3 Å². The smallest absolute Gasteiger partial charge is 0.252 e. The van der Waals surface area contributed by atoms with E-state index in [4.69, 9.17) is 0 Å². The van der Waals surface area contributed by atoms with Gasteiger partial charge in [-0.05, 0) is 30.5 Å². The van der Waals surface area contributed by atoms with Crippen LogP contribution in [-0.4, -0.2) is 22.5 Å². The van der Waals surface area contributed by atoms with Crippen molar-refractivity contribution in [3.05, 3.63) is 64.5 Å². The highest BCUT2D eigenvalue weighted by atomic mass is 32.1. The van der Waals surface area contributed by atoms with Gasteiger partial charge in [-0.15, -0.1) is 11.3 Å². The second kappa shape index (κ2) is 5.87. The van der Waals surface area contributed by atoms with Crippen molar-refractivity contribution >= 4 is 28.1 Å². The number of para-hydroxylation sites is 1. The van der Waals surface area contributed by atoms with E-state index in [0.717, 1.165) is 15.8 Å². The van der Waals surface area contributed by atoms with Crippen LogP contribution in [0, 0.1) is 0 Å². The number of nitrogens with zero attached hydrogens (tertiary/aromatic N) is 1. The number of fused-ring (bicyclic) bond motifs is 1. The molecule has 0 saturated heterocycles. The maximum atomic E-state index is 12.4. The summed E-state index contributed by atoms with van der Waals surface area (Å²) < 4.78 is 0.